The number of carboxylic acids is 1. The first-order chi connectivity index (χ1) is 9.52. The quantitative estimate of drug-likeness (QED) is 0.933. The van der Waals surface area contributed by atoms with Gasteiger partial charge in [-0.25, -0.2) is 9.18 Å². The van der Waals surface area contributed by atoms with Crippen LogP contribution in [-0.2, 0) is 16.6 Å². The number of hydrogen-bond donors (Lipinski definition) is 1. The molecule has 1 aromatic carbocycles. The second-order valence-corrected chi connectivity index (χ2v) is 5.19. The number of aromatic carboxylic acids is 1. The van der Waals surface area contributed by atoms with Crippen molar-refractivity contribution in [2.45, 2.75) is 10.8 Å². The van der Waals surface area contributed by atoms with Crippen LogP contribution in [0.4, 0.5) is 4.39 Å². The molecule has 0 aliphatic carbocycles. The maximum absolute atomic E-state index is 13.8. The number of rotatable bonds is 4. The second-order valence-electron chi connectivity index (χ2n) is 3.80. The predicted molar refractivity (Wildman–Crippen MR) is 66.9 cm³/mol. The summed E-state index contributed by atoms with van der Waals surface area (Å²) in [6.07, 6.45) is 0. The van der Waals surface area contributed by atoms with E-state index >= 15 is 0 Å². The van der Waals surface area contributed by atoms with Crippen molar-refractivity contribution in [1.82, 2.24) is 0 Å². The molecule has 102 valence electrons. The number of carbonyl (C=O) groups is 1. The molecule has 2 aromatic rings. The van der Waals surface area contributed by atoms with E-state index in [9.17, 15) is 13.4 Å². The van der Waals surface area contributed by atoms with E-state index in [0.29, 0.717) is 0 Å². The summed E-state index contributed by atoms with van der Waals surface area (Å²) in [5.41, 5.74) is -0.0270. The van der Waals surface area contributed by atoms with Crippen molar-refractivity contribution in [3.8, 4) is 6.07 Å². The van der Waals surface area contributed by atoms with Crippen molar-refractivity contribution < 1.29 is 22.9 Å². The monoisotopic (exact) mass is 293 g/mol. The van der Waals surface area contributed by atoms with Gasteiger partial charge in [0.15, 0.2) is 5.09 Å². The van der Waals surface area contributed by atoms with Gasteiger partial charge in [0.2, 0.25) is 5.76 Å². The molecule has 0 saturated carbocycles. The summed E-state index contributed by atoms with van der Waals surface area (Å²) in [7, 11) is -1.73. The molecule has 20 heavy (non-hydrogen) atoms. The molecule has 2 rings (SSSR count). The summed E-state index contributed by atoms with van der Waals surface area (Å²) in [6.45, 7) is 0. The van der Waals surface area contributed by atoms with Crippen molar-refractivity contribution in [3.05, 3.63) is 53.0 Å². The SMILES string of the molecule is N#Cc1cccc(CS(=O)c2ccc(C(=O)O)o2)c1F. The minimum atomic E-state index is -1.73. The topological polar surface area (TPSA) is 91.3 Å². The van der Waals surface area contributed by atoms with E-state index in [-0.39, 0.29) is 27.7 Å². The zero-order chi connectivity index (χ0) is 14.7. The summed E-state index contributed by atoms with van der Waals surface area (Å²) in [5.74, 6) is -2.53. The molecular formula is C13H8FNO4S. The lowest BCUT2D eigenvalue weighted by molar-refractivity contribution is 0.0656. The van der Waals surface area contributed by atoms with Crippen molar-refractivity contribution in [2.75, 3.05) is 0 Å². The van der Waals surface area contributed by atoms with Gasteiger partial charge >= 0.3 is 5.97 Å². The molecule has 1 heterocycles. The first-order valence-corrected chi connectivity index (χ1v) is 6.74. The maximum atomic E-state index is 13.8. The van der Waals surface area contributed by atoms with Gasteiger partial charge in [-0.1, -0.05) is 12.1 Å². The van der Waals surface area contributed by atoms with E-state index in [4.69, 9.17) is 14.8 Å². The van der Waals surface area contributed by atoms with Crippen molar-refractivity contribution in [1.29, 1.82) is 5.26 Å². The summed E-state index contributed by atoms with van der Waals surface area (Å²) < 4.78 is 30.7. The molecule has 0 radical (unpaired) electrons. The fraction of sp³-hybridized carbons (Fsp3) is 0.0769. The fourth-order valence-corrected chi connectivity index (χ4v) is 2.60. The third kappa shape index (κ3) is 2.75. The van der Waals surface area contributed by atoms with E-state index < -0.39 is 22.6 Å². The average Bonchev–Trinajstić information content (AvgIpc) is 2.91. The first-order valence-electron chi connectivity index (χ1n) is 5.42. The Hall–Kier alpha value is -2.46. The average molecular weight is 293 g/mol. The third-order valence-electron chi connectivity index (χ3n) is 2.50. The molecule has 0 aliphatic heterocycles. The zero-order valence-corrected chi connectivity index (χ0v) is 10.8. The van der Waals surface area contributed by atoms with Gasteiger partial charge in [-0.15, -0.1) is 0 Å². The summed E-state index contributed by atoms with van der Waals surface area (Å²) >= 11 is 0. The lowest BCUT2D eigenvalue weighted by atomic mass is 10.1. The first kappa shape index (κ1) is 14.0. The Morgan fingerprint density at radius 1 is 1.40 bits per heavy atom. The summed E-state index contributed by atoms with van der Waals surface area (Å²) in [6, 6.07) is 8.35. The highest BCUT2D eigenvalue weighted by Gasteiger charge is 2.16. The van der Waals surface area contributed by atoms with Gasteiger partial charge in [-0.05, 0) is 18.2 Å². The van der Waals surface area contributed by atoms with E-state index in [1.807, 2.05) is 0 Å². The molecule has 0 saturated heterocycles. The minimum Gasteiger partial charge on any atom is -0.475 e. The molecule has 0 bridgehead atoms. The zero-order valence-electron chi connectivity index (χ0n) is 10.00. The van der Waals surface area contributed by atoms with Crippen LogP contribution in [0.3, 0.4) is 0 Å². The van der Waals surface area contributed by atoms with Crippen LogP contribution in [0.15, 0.2) is 39.8 Å². The minimum absolute atomic E-state index is 0.0517. The van der Waals surface area contributed by atoms with E-state index in [2.05, 4.69) is 0 Å². The Balaban J connectivity index is 2.24. The summed E-state index contributed by atoms with van der Waals surface area (Å²) in [4.78, 5) is 10.6. The number of halogens is 1. The molecule has 1 N–H and O–H groups in total. The lowest BCUT2D eigenvalue weighted by Gasteiger charge is -2.02. The third-order valence-corrected chi connectivity index (χ3v) is 3.74. The van der Waals surface area contributed by atoms with Crippen LogP contribution in [0.25, 0.3) is 0 Å². The molecule has 1 atom stereocenters. The van der Waals surface area contributed by atoms with Gasteiger partial charge in [-0.3, -0.25) is 4.21 Å². The van der Waals surface area contributed by atoms with Crippen molar-refractivity contribution in [2.24, 2.45) is 0 Å². The Morgan fingerprint density at radius 3 is 2.75 bits per heavy atom. The molecule has 0 spiro atoms. The Morgan fingerprint density at radius 2 is 2.15 bits per heavy atom. The number of benzene rings is 1. The number of furan rings is 1. The van der Waals surface area contributed by atoms with Gasteiger partial charge in [0.05, 0.1) is 22.1 Å². The smallest absolute Gasteiger partial charge is 0.371 e. The van der Waals surface area contributed by atoms with Gasteiger partial charge in [0, 0.05) is 5.56 Å². The molecule has 1 unspecified atom stereocenters. The number of nitrogens with zero attached hydrogens (tertiary/aromatic N) is 1. The van der Waals surface area contributed by atoms with Crippen molar-refractivity contribution in [3.63, 3.8) is 0 Å². The maximum Gasteiger partial charge on any atom is 0.371 e. The van der Waals surface area contributed by atoms with Gasteiger partial charge in [-0.2, -0.15) is 5.26 Å². The molecule has 7 heteroatoms. The van der Waals surface area contributed by atoms with Crippen molar-refractivity contribution >= 4 is 16.8 Å². The lowest BCUT2D eigenvalue weighted by Crippen LogP contribution is -2.00. The molecule has 0 amide bonds. The molecule has 0 fully saturated rings. The standard InChI is InChI=1S/C13H8FNO4S/c14-12-8(6-15)2-1-3-9(12)7-20(18)11-5-4-10(19-11)13(16)17/h1-5H,7H2,(H,16,17). The predicted octanol–water partition coefficient (Wildman–Crippen LogP) is 2.30. The number of carboxylic acid groups (broad SMARTS) is 1. The highest BCUT2D eigenvalue weighted by molar-refractivity contribution is 7.84. The highest BCUT2D eigenvalue weighted by atomic mass is 32.2. The Labute approximate surface area is 115 Å². The van der Waals surface area contributed by atoms with Crippen LogP contribution in [0.1, 0.15) is 21.7 Å². The number of hydrogen-bond acceptors (Lipinski definition) is 4. The summed E-state index contributed by atoms with van der Waals surface area (Å²) in [5, 5.41) is 17.4. The van der Waals surface area contributed by atoms with Crippen LogP contribution in [-0.4, -0.2) is 15.3 Å². The molecule has 5 nitrogen and oxygen atoms in total. The van der Waals surface area contributed by atoms with E-state index in [1.165, 1.54) is 30.3 Å². The molecule has 0 aliphatic rings. The second kappa shape index (κ2) is 5.67. The normalized spacial score (nSPS) is 11.8. The van der Waals surface area contributed by atoms with E-state index in [0.717, 1.165) is 0 Å². The van der Waals surface area contributed by atoms with Gasteiger partial charge in [0.25, 0.3) is 0 Å². The van der Waals surface area contributed by atoms with Crippen LogP contribution in [0.5, 0.6) is 0 Å². The Kier molecular flexibility index (Phi) is 3.96. The van der Waals surface area contributed by atoms with E-state index in [1.54, 1.807) is 6.07 Å². The Bertz CT molecular complexity index is 732. The van der Waals surface area contributed by atoms with Crippen LogP contribution >= 0.6 is 0 Å². The highest BCUT2D eigenvalue weighted by Crippen LogP contribution is 2.19. The fourth-order valence-electron chi connectivity index (χ4n) is 1.55. The van der Waals surface area contributed by atoms with Gasteiger partial charge < -0.3 is 9.52 Å². The van der Waals surface area contributed by atoms with Crippen LogP contribution < -0.4 is 0 Å². The van der Waals surface area contributed by atoms with Gasteiger partial charge in [0.1, 0.15) is 11.9 Å². The van der Waals surface area contributed by atoms with Crippen LogP contribution in [0.2, 0.25) is 0 Å². The molecular weight excluding hydrogens is 285 g/mol. The largest absolute Gasteiger partial charge is 0.475 e. The van der Waals surface area contributed by atoms with Crippen LogP contribution in [0, 0.1) is 17.1 Å². The molecule has 1 aromatic heterocycles. The number of nitriles is 1.